The number of aryl methyl sites for hydroxylation is 2. The van der Waals surface area contributed by atoms with E-state index >= 15 is 0 Å². The number of carbonyl (C=O) groups excluding carboxylic acids is 1. The van der Waals surface area contributed by atoms with E-state index in [9.17, 15) is 4.79 Å². The molecule has 1 N–H and O–H groups in total. The van der Waals surface area contributed by atoms with Gasteiger partial charge in [0.1, 0.15) is 17.8 Å². The van der Waals surface area contributed by atoms with Crippen LogP contribution in [0.2, 0.25) is 0 Å². The Balaban J connectivity index is 1.48. The molecule has 1 atom stereocenters. The summed E-state index contributed by atoms with van der Waals surface area (Å²) in [5.74, 6) is 1.14. The van der Waals surface area contributed by atoms with E-state index in [2.05, 4.69) is 25.3 Å². The number of likely N-dealkylation sites (tertiary alicyclic amines) is 1. The number of carbonyl (C=O) groups is 1. The number of aromatic amines is 1. The van der Waals surface area contributed by atoms with Crippen LogP contribution in [0.1, 0.15) is 40.5 Å². The number of hydrogen-bond donors (Lipinski definition) is 1. The molecule has 1 unspecified atom stereocenters. The lowest BCUT2D eigenvalue weighted by Gasteiger charge is -2.32. The second-order valence-corrected chi connectivity index (χ2v) is 7.03. The van der Waals surface area contributed by atoms with Crippen LogP contribution in [0, 0.1) is 19.8 Å². The summed E-state index contributed by atoms with van der Waals surface area (Å²) < 4.78 is 5.25. The average molecular weight is 366 g/mol. The van der Waals surface area contributed by atoms with Crippen molar-refractivity contribution in [3.05, 3.63) is 47.5 Å². The summed E-state index contributed by atoms with van der Waals surface area (Å²) in [5.41, 5.74) is 4.10. The van der Waals surface area contributed by atoms with E-state index in [1.807, 2.05) is 24.8 Å². The van der Waals surface area contributed by atoms with E-state index in [4.69, 9.17) is 4.52 Å². The number of piperidine rings is 1. The molecule has 8 heteroatoms. The lowest BCUT2D eigenvalue weighted by atomic mass is 9.92. The number of aromatic nitrogens is 5. The first kappa shape index (κ1) is 17.4. The first-order chi connectivity index (χ1) is 13.1. The molecule has 0 aromatic carbocycles. The predicted molar refractivity (Wildman–Crippen MR) is 97.9 cm³/mol. The molecule has 140 valence electrons. The van der Waals surface area contributed by atoms with Crippen molar-refractivity contribution in [2.24, 2.45) is 5.92 Å². The monoisotopic (exact) mass is 366 g/mol. The van der Waals surface area contributed by atoms with Gasteiger partial charge in [-0.2, -0.15) is 5.10 Å². The highest BCUT2D eigenvalue weighted by Gasteiger charge is 2.26. The minimum absolute atomic E-state index is 0.0105. The van der Waals surface area contributed by atoms with Crippen LogP contribution in [0.15, 0.2) is 29.2 Å². The first-order valence-electron chi connectivity index (χ1n) is 9.14. The summed E-state index contributed by atoms with van der Waals surface area (Å²) >= 11 is 0. The van der Waals surface area contributed by atoms with E-state index in [1.54, 1.807) is 18.6 Å². The molecule has 27 heavy (non-hydrogen) atoms. The third-order valence-corrected chi connectivity index (χ3v) is 5.05. The van der Waals surface area contributed by atoms with Crippen LogP contribution in [0.25, 0.3) is 11.3 Å². The molecule has 0 spiro atoms. The zero-order valence-corrected chi connectivity index (χ0v) is 15.5. The van der Waals surface area contributed by atoms with Crippen LogP contribution in [-0.2, 0) is 6.42 Å². The zero-order valence-electron chi connectivity index (χ0n) is 15.5. The SMILES string of the molecule is Cc1noc(C)c1-c1cc(CC2CCCN(C(=O)c3ccn[nH]3)C2)ncn1. The molecule has 0 bridgehead atoms. The number of hydrogen-bond acceptors (Lipinski definition) is 6. The highest BCUT2D eigenvalue weighted by Crippen LogP contribution is 2.27. The maximum absolute atomic E-state index is 12.6. The van der Waals surface area contributed by atoms with Gasteiger partial charge in [0.05, 0.1) is 17.0 Å². The molecular formula is C19H22N6O2. The molecule has 1 aliphatic heterocycles. The molecular weight excluding hydrogens is 344 g/mol. The van der Waals surface area contributed by atoms with Gasteiger partial charge in [0.2, 0.25) is 0 Å². The van der Waals surface area contributed by atoms with Gasteiger partial charge >= 0.3 is 0 Å². The van der Waals surface area contributed by atoms with Gasteiger partial charge in [0.15, 0.2) is 0 Å². The van der Waals surface area contributed by atoms with Crippen LogP contribution in [0.3, 0.4) is 0 Å². The van der Waals surface area contributed by atoms with Gasteiger partial charge < -0.3 is 9.42 Å². The number of amides is 1. The first-order valence-corrected chi connectivity index (χ1v) is 9.14. The number of nitrogens with zero attached hydrogens (tertiary/aromatic N) is 5. The van der Waals surface area contributed by atoms with Gasteiger partial charge in [-0.3, -0.25) is 9.89 Å². The lowest BCUT2D eigenvalue weighted by molar-refractivity contribution is 0.0666. The number of rotatable bonds is 4. The highest BCUT2D eigenvalue weighted by molar-refractivity contribution is 5.92. The fourth-order valence-electron chi connectivity index (χ4n) is 3.75. The van der Waals surface area contributed by atoms with Gasteiger partial charge in [-0.15, -0.1) is 0 Å². The topological polar surface area (TPSA) is 101 Å². The normalized spacial score (nSPS) is 17.3. The lowest BCUT2D eigenvalue weighted by Crippen LogP contribution is -2.40. The predicted octanol–water partition coefficient (Wildman–Crippen LogP) is 2.57. The van der Waals surface area contributed by atoms with E-state index in [0.29, 0.717) is 11.6 Å². The summed E-state index contributed by atoms with van der Waals surface area (Å²) in [6, 6.07) is 3.72. The van der Waals surface area contributed by atoms with Crippen LogP contribution in [0.5, 0.6) is 0 Å². The van der Waals surface area contributed by atoms with Crippen molar-refractivity contribution in [1.82, 2.24) is 30.2 Å². The molecule has 0 aliphatic carbocycles. The van der Waals surface area contributed by atoms with E-state index < -0.39 is 0 Å². The maximum Gasteiger partial charge on any atom is 0.271 e. The third kappa shape index (κ3) is 3.60. The Morgan fingerprint density at radius 3 is 3.00 bits per heavy atom. The van der Waals surface area contributed by atoms with Crippen molar-refractivity contribution < 1.29 is 9.32 Å². The molecule has 3 aromatic heterocycles. The van der Waals surface area contributed by atoms with Crippen molar-refractivity contribution >= 4 is 5.91 Å². The van der Waals surface area contributed by atoms with Crippen molar-refractivity contribution in [1.29, 1.82) is 0 Å². The molecule has 0 saturated carbocycles. The zero-order chi connectivity index (χ0) is 18.8. The molecule has 0 radical (unpaired) electrons. The molecule has 4 rings (SSSR count). The number of nitrogens with one attached hydrogen (secondary N) is 1. The third-order valence-electron chi connectivity index (χ3n) is 5.05. The van der Waals surface area contributed by atoms with Crippen molar-refractivity contribution in [2.75, 3.05) is 13.1 Å². The molecule has 8 nitrogen and oxygen atoms in total. The van der Waals surface area contributed by atoms with Gasteiger partial charge in [0.25, 0.3) is 5.91 Å². The van der Waals surface area contributed by atoms with Crippen LogP contribution in [-0.4, -0.2) is 49.2 Å². The Labute approximate surface area is 157 Å². The highest BCUT2D eigenvalue weighted by atomic mass is 16.5. The van der Waals surface area contributed by atoms with Gasteiger partial charge in [-0.25, -0.2) is 9.97 Å². The second-order valence-electron chi connectivity index (χ2n) is 7.03. The van der Waals surface area contributed by atoms with Gasteiger partial charge in [-0.05, 0) is 51.2 Å². The standard InChI is InChI=1S/C19H22N6O2/c1-12-18(13(2)27-24-12)17-9-15(20-11-21-17)8-14-4-3-7-25(10-14)19(26)16-5-6-22-23-16/h5-6,9,11,14H,3-4,7-8,10H2,1-2H3,(H,22,23). The summed E-state index contributed by atoms with van der Waals surface area (Å²) in [4.78, 5) is 23.3. The molecule has 1 aliphatic rings. The Bertz CT molecular complexity index is 914. The molecule has 1 amide bonds. The van der Waals surface area contributed by atoms with Crippen molar-refractivity contribution in [3.8, 4) is 11.3 Å². The van der Waals surface area contributed by atoms with Crippen LogP contribution >= 0.6 is 0 Å². The Hall–Kier alpha value is -3.03. The Kier molecular flexibility index (Phi) is 4.70. The van der Waals surface area contributed by atoms with E-state index in [0.717, 1.165) is 60.8 Å². The molecule has 1 fully saturated rings. The molecule has 4 heterocycles. The van der Waals surface area contributed by atoms with Gasteiger partial charge in [-0.1, -0.05) is 5.16 Å². The summed E-state index contributed by atoms with van der Waals surface area (Å²) in [7, 11) is 0. The quantitative estimate of drug-likeness (QED) is 0.761. The van der Waals surface area contributed by atoms with Crippen LogP contribution < -0.4 is 0 Å². The Morgan fingerprint density at radius 1 is 1.37 bits per heavy atom. The molecule has 3 aromatic rings. The minimum Gasteiger partial charge on any atom is -0.361 e. The second kappa shape index (κ2) is 7.30. The average Bonchev–Trinajstić information content (AvgIpc) is 3.32. The van der Waals surface area contributed by atoms with Gasteiger partial charge in [0, 0.05) is 25.0 Å². The fraction of sp³-hybridized carbons (Fsp3) is 0.421. The van der Waals surface area contributed by atoms with E-state index in [1.165, 1.54) is 0 Å². The minimum atomic E-state index is 0.0105. The van der Waals surface area contributed by atoms with Crippen LogP contribution in [0.4, 0.5) is 0 Å². The fourth-order valence-corrected chi connectivity index (χ4v) is 3.75. The maximum atomic E-state index is 12.6. The van der Waals surface area contributed by atoms with E-state index in [-0.39, 0.29) is 5.91 Å². The summed E-state index contributed by atoms with van der Waals surface area (Å²) in [6.45, 7) is 5.30. The summed E-state index contributed by atoms with van der Waals surface area (Å²) in [5, 5.41) is 10.6. The largest absolute Gasteiger partial charge is 0.361 e. The number of H-pyrrole nitrogens is 1. The van der Waals surface area contributed by atoms with Crippen molar-refractivity contribution in [3.63, 3.8) is 0 Å². The molecule has 1 saturated heterocycles. The Morgan fingerprint density at radius 2 is 2.26 bits per heavy atom. The van der Waals surface area contributed by atoms with Crippen molar-refractivity contribution in [2.45, 2.75) is 33.1 Å². The summed E-state index contributed by atoms with van der Waals surface area (Å²) in [6.07, 6.45) is 6.08. The smallest absolute Gasteiger partial charge is 0.271 e.